The van der Waals surface area contributed by atoms with Crippen LogP contribution in [0.3, 0.4) is 0 Å². The van der Waals surface area contributed by atoms with Crippen LogP contribution in [0.5, 0.6) is 0 Å². The summed E-state index contributed by atoms with van der Waals surface area (Å²) in [6.07, 6.45) is 3.60. The van der Waals surface area contributed by atoms with E-state index in [1.807, 2.05) is 0 Å². The molecule has 1 fully saturated rings. The summed E-state index contributed by atoms with van der Waals surface area (Å²) in [6, 6.07) is 6.93. The molecule has 0 bridgehead atoms. The summed E-state index contributed by atoms with van der Waals surface area (Å²) in [6.45, 7) is 0. The summed E-state index contributed by atoms with van der Waals surface area (Å²) in [7, 11) is -2.83. The van der Waals surface area contributed by atoms with Gasteiger partial charge in [-0.05, 0) is 69.8 Å². The highest BCUT2D eigenvalue weighted by Gasteiger charge is 2.57. The lowest BCUT2D eigenvalue weighted by molar-refractivity contribution is -0.0353. The van der Waals surface area contributed by atoms with Gasteiger partial charge in [0.05, 0.1) is 0 Å². The molecule has 0 aromatic heterocycles. The van der Waals surface area contributed by atoms with Crippen molar-refractivity contribution < 1.29 is 13.2 Å². The minimum absolute atomic E-state index is 0.163. The van der Waals surface area contributed by atoms with Gasteiger partial charge in [0.25, 0.3) is 0 Å². The van der Waals surface area contributed by atoms with E-state index in [4.69, 9.17) is 0 Å². The Bertz CT molecular complexity index is 505. The molecule has 0 spiro atoms. The van der Waals surface area contributed by atoms with Crippen molar-refractivity contribution in [1.82, 2.24) is 0 Å². The van der Waals surface area contributed by atoms with E-state index in [2.05, 4.69) is 0 Å². The van der Waals surface area contributed by atoms with Crippen molar-refractivity contribution in [3.8, 4) is 0 Å². The summed E-state index contributed by atoms with van der Waals surface area (Å²) >= 11 is 1.67. The maximum Gasteiger partial charge on any atom is 0.441 e. The molecule has 1 aliphatic heterocycles. The molecule has 1 aromatic carbocycles. The lowest BCUT2D eigenvalue weighted by atomic mass is 10.2. The maximum atomic E-state index is 13.5. The van der Waals surface area contributed by atoms with E-state index in [1.54, 1.807) is 51.5 Å². The van der Waals surface area contributed by atoms with Crippen molar-refractivity contribution in [2.24, 2.45) is 5.92 Å². The molecular weight excluding hydrogens is 360 g/mol. The van der Waals surface area contributed by atoms with E-state index < -0.39 is 12.7 Å². The quantitative estimate of drug-likeness (QED) is 0.574. The number of rotatable bonds is 1. The Morgan fingerprint density at radius 1 is 1.18 bits per heavy atom. The zero-order chi connectivity index (χ0) is 12.3. The fraction of sp³-hybridized carbons (Fsp3) is 0.333. The molecule has 92 valence electrons. The molecule has 0 saturated heterocycles. The van der Waals surface area contributed by atoms with Gasteiger partial charge in [0, 0.05) is 4.90 Å². The number of allylic oxidation sites excluding steroid dienone is 1. The first-order chi connectivity index (χ1) is 7.94. The topological polar surface area (TPSA) is 0 Å². The number of benzene rings is 1. The van der Waals surface area contributed by atoms with Gasteiger partial charge in [0.1, 0.15) is 0 Å². The average molecular weight is 370 g/mol. The van der Waals surface area contributed by atoms with Crippen LogP contribution in [0.15, 0.2) is 34.1 Å². The summed E-state index contributed by atoms with van der Waals surface area (Å²) in [5.41, 5.74) is -3.38. The highest BCUT2D eigenvalue weighted by Crippen LogP contribution is 2.84. The van der Waals surface area contributed by atoms with E-state index in [0.717, 1.165) is 18.4 Å². The zero-order valence-electron chi connectivity index (χ0n) is 8.80. The van der Waals surface area contributed by atoms with Crippen LogP contribution in [-0.2, 0) is 0 Å². The van der Waals surface area contributed by atoms with Gasteiger partial charge in [-0.15, -0.1) is 0 Å². The monoisotopic (exact) mass is 370 g/mol. The molecule has 5 heteroatoms. The first kappa shape index (κ1) is 11.9. The Morgan fingerprint density at radius 2 is 1.82 bits per heavy atom. The Balaban J connectivity index is 2.20. The first-order valence-corrected chi connectivity index (χ1v) is 9.52. The largest absolute Gasteiger partial charge is 0.441 e. The smallest absolute Gasteiger partial charge is 0.160 e. The van der Waals surface area contributed by atoms with Crippen LogP contribution in [0.2, 0.25) is 0 Å². The van der Waals surface area contributed by atoms with Crippen molar-refractivity contribution in [2.45, 2.75) is 23.2 Å². The van der Waals surface area contributed by atoms with Crippen molar-refractivity contribution in [3.63, 3.8) is 0 Å². The summed E-state index contributed by atoms with van der Waals surface area (Å²) in [5.74, 6) is 0.163. The standard InChI is InChI=1S/C12H10F3IS/c13-12(14,15)17(16)10-4-2-1-3-9(10)7-11(17)8-5-6-8/h1-4,7-8H,5-6H2. The molecule has 3 rings (SSSR count). The van der Waals surface area contributed by atoms with E-state index in [1.165, 1.54) is 0 Å². The lowest BCUT2D eigenvalue weighted by Crippen LogP contribution is -2.16. The summed E-state index contributed by atoms with van der Waals surface area (Å²) in [5, 5.41) is 0. The third kappa shape index (κ3) is 1.65. The van der Waals surface area contributed by atoms with Crippen LogP contribution in [0, 0.1) is 5.92 Å². The van der Waals surface area contributed by atoms with Crippen LogP contribution in [0.4, 0.5) is 13.2 Å². The van der Waals surface area contributed by atoms with Crippen molar-refractivity contribution >= 4 is 34.5 Å². The predicted octanol–water partition coefficient (Wildman–Crippen LogP) is 5.48. The van der Waals surface area contributed by atoms with E-state index in [0.29, 0.717) is 9.80 Å². The molecule has 1 unspecified atom stereocenters. The van der Waals surface area contributed by atoms with Crippen LogP contribution < -0.4 is 0 Å². The molecule has 1 atom stereocenters. The first-order valence-electron chi connectivity index (χ1n) is 5.34. The van der Waals surface area contributed by atoms with Crippen molar-refractivity contribution in [2.75, 3.05) is 0 Å². The summed E-state index contributed by atoms with van der Waals surface area (Å²) < 4.78 is 40.4. The van der Waals surface area contributed by atoms with Gasteiger partial charge in [-0.25, -0.2) is 0 Å². The number of hydrogen-bond acceptors (Lipinski definition) is 0. The third-order valence-electron chi connectivity index (χ3n) is 3.14. The number of halogens is 4. The van der Waals surface area contributed by atoms with Gasteiger partial charge in [-0.1, -0.05) is 18.2 Å². The Morgan fingerprint density at radius 3 is 2.41 bits per heavy atom. The second kappa shape index (κ2) is 3.66. The van der Waals surface area contributed by atoms with Crippen molar-refractivity contribution in [3.05, 3.63) is 34.7 Å². The van der Waals surface area contributed by atoms with E-state index in [-0.39, 0.29) is 5.92 Å². The number of hydrogen-bond donors (Lipinski definition) is 0. The molecule has 0 radical (unpaired) electrons. The van der Waals surface area contributed by atoms with Gasteiger partial charge in [-0.3, -0.25) is 0 Å². The van der Waals surface area contributed by atoms with Crippen LogP contribution in [0.1, 0.15) is 18.4 Å². The minimum Gasteiger partial charge on any atom is -0.160 e. The lowest BCUT2D eigenvalue weighted by Gasteiger charge is -2.35. The van der Waals surface area contributed by atoms with Crippen LogP contribution in [-0.4, -0.2) is 5.51 Å². The fourth-order valence-electron chi connectivity index (χ4n) is 2.19. The van der Waals surface area contributed by atoms with Gasteiger partial charge in [0.2, 0.25) is 0 Å². The normalized spacial score (nSPS) is 31.6. The molecule has 0 amide bonds. The van der Waals surface area contributed by atoms with Gasteiger partial charge in [0.15, 0.2) is 0 Å². The molecule has 1 saturated carbocycles. The second-order valence-electron chi connectivity index (χ2n) is 4.34. The highest BCUT2D eigenvalue weighted by molar-refractivity contribution is 14.2. The Hall–Kier alpha value is -0.170. The zero-order valence-corrected chi connectivity index (χ0v) is 11.8. The second-order valence-corrected chi connectivity index (χ2v) is 10.8. The molecule has 1 aromatic rings. The number of fused-ring (bicyclic) bond motifs is 1. The third-order valence-corrected chi connectivity index (χ3v) is 10.3. The summed E-state index contributed by atoms with van der Waals surface area (Å²) in [4.78, 5) is 1.11. The maximum absolute atomic E-state index is 13.5. The predicted molar refractivity (Wildman–Crippen MR) is 73.1 cm³/mol. The SMILES string of the molecule is FC(F)(F)S1(I)C(C2CC2)=Cc2ccccc21. The Kier molecular flexibility index (Phi) is 2.56. The van der Waals surface area contributed by atoms with Gasteiger partial charge in [-0.2, -0.15) is 13.2 Å². The van der Waals surface area contributed by atoms with Gasteiger partial charge < -0.3 is 0 Å². The highest BCUT2D eigenvalue weighted by atomic mass is 127. The Labute approximate surface area is 111 Å². The average Bonchev–Trinajstić information content (AvgIpc) is 3.04. The van der Waals surface area contributed by atoms with Crippen LogP contribution >= 0.6 is 28.4 Å². The van der Waals surface area contributed by atoms with Gasteiger partial charge >= 0.3 is 5.51 Å². The van der Waals surface area contributed by atoms with E-state index >= 15 is 0 Å². The minimum atomic E-state index is -4.14. The molecule has 2 aliphatic rings. The molecule has 17 heavy (non-hydrogen) atoms. The van der Waals surface area contributed by atoms with Crippen molar-refractivity contribution in [1.29, 1.82) is 0 Å². The molecular formula is C12H10F3IS. The molecule has 0 nitrogen and oxygen atoms in total. The van der Waals surface area contributed by atoms with E-state index in [9.17, 15) is 13.2 Å². The van der Waals surface area contributed by atoms with Crippen LogP contribution in [0.25, 0.3) is 6.08 Å². The molecule has 0 N–H and O–H groups in total. The molecule has 1 aliphatic carbocycles. The molecule has 1 heterocycles. The fourth-order valence-corrected chi connectivity index (χ4v) is 7.33. The number of alkyl halides is 3.